The van der Waals surface area contributed by atoms with Crippen LogP contribution in [-0.4, -0.2) is 29.8 Å². The summed E-state index contributed by atoms with van der Waals surface area (Å²) in [6.07, 6.45) is 1.38. The molecule has 1 amide bonds. The number of nitrogens with one attached hydrogen (secondary N) is 1. The Morgan fingerprint density at radius 3 is 2.75 bits per heavy atom. The first-order valence-corrected chi connectivity index (χ1v) is 7.88. The van der Waals surface area contributed by atoms with Gasteiger partial charge in [0.2, 0.25) is 5.91 Å². The van der Waals surface area contributed by atoms with Crippen LogP contribution in [0.4, 0.5) is 0 Å². The maximum absolute atomic E-state index is 12.6. The number of ether oxygens (including phenoxy) is 1. The molecule has 0 aliphatic carbocycles. The number of fused-ring (bicyclic) bond motifs is 1. The van der Waals surface area contributed by atoms with Crippen molar-refractivity contribution in [3.63, 3.8) is 0 Å². The predicted octanol–water partition coefficient (Wildman–Crippen LogP) is 3.30. The summed E-state index contributed by atoms with van der Waals surface area (Å²) in [6, 6.07) is 7.66. The Morgan fingerprint density at radius 2 is 2.10 bits per heavy atom. The molecule has 5 heteroatoms. The highest BCUT2D eigenvalue weighted by Gasteiger charge is 2.34. The van der Waals surface area contributed by atoms with Gasteiger partial charge in [0.1, 0.15) is 5.75 Å². The molecule has 1 aromatic rings. The van der Waals surface area contributed by atoms with Gasteiger partial charge in [0, 0.05) is 17.3 Å². The van der Waals surface area contributed by atoms with Crippen molar-refractivity contribution in [3.8, 4) is 5.75 Å². The van der Waals surface area contributed by atoms with Crippen molar-refractivity contribution in [2.24, 2.45) is 0 Å². The fourth-order valence-corrected chi connectivity index (χ4v) is 3.14. The van der Waals surface area contributed by atoms with E-state index in [9.17, 15) is 4.79 Å². The molecule has 110 valence electrons. The largest absolute Gasteiger partial charge is 0.493 e. The van der Waals surface area contributed by atoms with Crippen LogP contribution in [0.1, 0.15) is 31.2 Å². The molecule has 1 unspecified atom stereocenters. The number of alkyl halides is 2. The van der Waals surface area contributed by atoms with Gasteiger partial charge in [-0.2, -0.15) is 0 Å². The number of halogens is 2. The first kappa shape index (κ1) is 15.5. The Hall–Kier alpha value is -0.930. The summed E-state index contributed by atoms with van der Waals surface area (Å²) >= 11 is 12.0. The van der Waals surface area contributed by atoms with E-state index >= 15 is 0 Å². The van der Waals surface area contributed by atoms with E-state index in [0.29, 0.717) is 31.2 Å². The zero-order valence-electron chi connectivity index (χ0n) is 11.5. The Kier molecular flexibility index (Phi) is 5.17. The lowest BCUT2D eigenvalue weighted by atomic mass is 9.90. The highest BCUT2D eigenvalue weighted by molar-refractivity contribution is 6.22. The van der Waals surface area contributed by atoms with Crippen LogP contribution in [0.25, 0.3) is 0 Å². The van der Waals surface area contributed by atoms with Gasteiger partial charge in [-0.1, -0.05) is 25.1 Å². The van der Waals surface area contributed by atoms with Gasteiger partial charge in [-0.3, -0.25) is 4.79 Å². The van der Waals surface area contributed by atoms with E-state index in [1.165, 1.54) is 0 Å². The average Bonchev–Trinajstić information content (AvgIpc) is 2.52. The summed E-state index contributed by atoms with van der Waals surface area (Å²) in [5.74, 6) is 1.19. The molecule has 1 heterocycles. The van der Waals surface area contributed by atoms with Gasteiger partial charge < -0.3 is 10.1 Å². The molecular weight excluding hydrogens is 297 g/mol. The third kappa shape index (κ3) is 3.04. The summed E-state index contributed by atoms with van der Waals surface area (Å²) in [5, 5.41) is 3.03. The molecule has 3 nitrogen and oxygen atoms in total. The van der Waals surface area contributed by atoms with E-state index in [2.05, 4.69) is 5.32 Å². The molecule has 1 atom stereocenters. The Bertz CT molecular complexity index is 466. The van der Waals surface area contributed by atoms with Gasteiger partial charge in [-0.25, -0.2) is 0 Å². The smallest absolute Gasteiger partial charge is 0.228 e. The number of benzene rings is 1. The molecule has 0 radical (unpaired) electrons. The fraction of sp³-hybridized carbons (Fsp3) is 0.533. The van der Waals surface area contributed by atoms with Gasteiger partial charge in [0.25, 0.3) is 0 Å². The van der Waals surface area contributed by atoms with Crippen LogP contribution >= 0.6 is 23.2 Å². The summed E-state index contributed by atoms with van der Waals surface area (Å²) in [6.45, 7) is 2.53. The Labute approximate surface area is 129 Å². The standard InChI is InChI=1S/C15H19Cl2NO2/c1-2-15(9-16,10-17)18-14(19)12-7-8-20-13-6-4-3-5-11(12)13/h3-6,12H,2,7-10H2,1H3,(H,18,19). The molecular formula is C15H19Cl2NO2. The van der Waals surface area contributed by atoms with Crippen LogP contribution in [0.5, 0.6) is 5.75 Å². The average molecular weight is 316 g/mol. The summed E-state index contributed by atoms with van der Waals surface area (Å²) < 4.78 is 5.58. The second kappa shape index (κ2) is 6.68. The molecule has 20 heavy (non-hydrogen) atoms. The number of rotatable bonds is 5. The zero-order valence-corrected chi connectivity index (χ0v) is 13.0. The van der Waals surface area contributed by atoms with E-state index in [4.69, 9.17) is 27.9 Å². The van der Waals surface area contributed by atoms with Crippen molar-refractivity contribution in [2.45, 2.75) is 31.2 Å². The maximum atomic E-state index is 12.6. The van der Waals surface area contributed by atoms with Crippen molar-refractivity contribution in [2.75, 3.05) is 18.4 Å². The predicted molar refractivity (Wildman–Crippen MR) is 81.9 cm³/mol. The van der Waals surface area contributed by atoms with Crippen molar-refractivity contribution >= 4 is 29.1 Å². The topological polar surface area (TPSA) is 38.3 Å². The minimum Gasteiger partial charge on any atom is -0.493 e. The van der Waals surface area contributed by atoms with Crippen LogP contribution < -0.4 is 10.1 Å². The van der Waals surface area contributed by atoms with E-state index in [1.807, 2.05) is 31.2 Å². The van der Waals surface area contributed by atoms with Gasteiger partial charge >= 0.3 is 0 Å². The normalized spacial score (nSPS) is 18.1. The number of hydrogen-bond donors (Lipinski definition) is 1. The maximum Gasteiger partial charge on any atom is 0.228 e. The van der Waals surface area contributed by atoms with Gasteiger partial charge in [0.05, 0.1) is 18.1 Å². The lowest BCUT2D eigenvalue weighted by Crippen LogP contribution is -2.53. The van der Waals surface area contributed by atoms with Crippen LogP contribution in [-0.2, 0) is 4.79 Å². The number of carbonyl (C=O) groups excluding carboxylic acids is 1. The van der Waals surface area contributed by atoms with Gasteiger partial charge in [-0.05, 0) is 18.9 Å². The van der Waals surface area contributed by atoms with Crippen LogP contribution in [0.15, 0.2) is 24.3 Å². The molecule has 0 saturated carbocycles. The fourth-order valence-electron chi connectivity index (χ4n) is 2.34. The highest BCUT2D eigenvalue weighted by atomic mass is 35.5. The van der Waals surface area contributed by atoms with Gasteiger partial charge in [0.15, 0.2) is 0 Å². The number of carbonyl (C=O) groups is 1. The zero-order chi connectivity index (χ0) is 14.6. The molecule has 0 spiro atoms. The van der Waals surface area contributed by atoms with Crippen LogP contribution in [0, 0.1) is 0 Å². The lowest BCUT2D eigenvalue weighted by molar-refractivity contribution is -0.124. The quantitative estimate of drug-likeness (QED) is 0.847. The minimum absolute atomic E-state index is 0.0242. The van der Waals surface area contributed by atoms with Crippen molar-refractivity contribution in [1.29, 1.82) is 0 Å². The van der Waals surface area contributed by atoms with E-state index in [-0.39, 0.29) is 11.8 Å². The SMILES string of the molecule is CCC(CCl)(CCl)NC(=O)C1CCOc2ccccc21. The monoisotopic (exact) mass is 315 g/mol. The Morgan fingerprint density at radius 1 is 1.40 bits per heavy atom. The second-order valence-electron chi connectivity index (χ2n) is 5.12. The van der Waals surface area contributed by atoms with Crippen LogP contribution in [0.3, 0.4) is 0 Å². The van der Waals surface area contributed by atoms with Crippen molar-refractivity contribution < 1.29 is 9.53 Å². The second-order valence-corrected chi connectivity index (χ2v) is 5.65. The Balaban J connectivity index is 2.19. The molecule has 1 aliphatic rings. The third-order valence-electron chi connectivity index (χ3n) is 3.85. The molecule has 2 rings (SSSR count). The molecule has 1 aromatic carbocycles. The molecule has 0 aromatic heterocycles. The summed E-state index contributed by atoms with van der Waals surface area (Å²) in [5.41, 5.74) is 0.401. The third-order valence-corrected chi connectivity index (χ3v) is 4.87. The molecule has 0 saturated heterocycles. The number of hydrogen-bond acceptors (Lipinski definition) is 2. The van der Waals surface area contributed by atoms with E-state index in [1.54, 1.807) is 0 Å². The summed E-state index contributed by atoms with van der Waals surface area (Å²) in [4.78, 5) is 12.6. The van der Waals surface area contributed by atoms with E-state index in [0.717, 1.165) is 11.3 Å². The first-order chi connectivity index (χ1) is 9.65. The number of amides is 1. The lowest BCUT2D eigenvalue weighted by Gasteiger charge is -2.33. The molecule has 1 N–H and O–H groups in total. The minimum atomic E-state index is -0.534. The van der Waals surface area contributed by atoms with Crippen molar-refractivity contribution in [1.82, 2.24) is 5.32 Å². The summed E-state index contributed by atoms with van der Waals surface area (Å²) in [7, 11) is 0. The molecule has 0 fully saturated rings. The highest BCUT2D eigenvalue weighted by Crippen LogP contribution is 2.34. The van der Waals surface area contributed by atoms with E-state index < -0.39 is 5.54 Å². The molecule has 1 aliphatic heterocycles. The van der Waals surface area contributed by atoms with Gasteiger partial charge in [-0.15, -0.1) is 23.2 Å². The first-order valence-electron chi connectivity index (χ1n) is 6.81. The van der Waals surface area contributed by atoms with Crippen molar-refractivity contribution in [3.05, 3.63) is 29.8 Å². The molecule has 0 bridgehead atoms. The van der Waals surface area contributed by atoms with Crippen LogP contribution in [0.2, 0.25) is 0 Å². The number of para-hydroxylation sites is 1.